The molecule has 0 spiro atoms. The summed E-state index contributed by atoms with van der Waals surface area (Å²) in [5.41, 5.74) is 5.38. The van der Waals surface area contributed by atoms with Gasteiger partial charge in [-0.3, -0.25) is 4.79 Å². The standard InChI is InChI=1S/C30H38N2O2/c1-22-7-9-24(10-8-22)25-11-12-29-27(19-25)20-26(15-18-34-29)30(33)31-28-13-16-32(17-14-28)21-23-5-3-2-4-6-23/h7-12,19-20,23,28H,2-6,13-18,21H2,1H3,(H,31,33). The van der Waals surface area contributed by atoms with Crippen molar-refractivity contribution in [2.75, 3.05) is 26.2 Å². The number of benzene rings is 2. The van der Waals surface area contributed by atoms with Crippen molar-refractivity contribution >= 4 is 12.0 Å². The van der Waals surface area contributed by atoms with Gasteiger partial charge in [0.2, 0.25) is 5.91 Å². The summed E-state index contributed by atoms with van der Waals surface area (Å²) in [5, 5.41) is 3.33. The van der Waals surface area contributed by atoms with Gasteiger partial charge in [0.1, 0.15) is 5.75 Å². The van der Waals surface area contributed by atoms with E-state index in [0.29, 0.717) is 13.0 Å². The molecule has 0 aromatic heterocycles. The lowest BCUT2D eigenvalue weighted by molar-refractivity contribution is -0.118. The lowest BCUT2D eigenvalue weighted by Gasteiger charge is -2.35. The molecule has 4 nitrogen and oxygen atoms in total. The van der Waals surface area contributed by atoms with Crippen LogP contribution in [0.3, 0.4) is 0 Å². The van der Waals surface area contributed by atoms with Crippen molar-refractivity contribution in [2.24, 2.45) is 5.92 Å². The van der Waals surface area contributed by atoms with Crippen molar-refractivity contribution in [1.29, 1.82) is 0 Å². The Kier molecular flexibility index (Phi) is 7.34. The minimum absolute atomic E-state index is 0.0721. The third-order valence-corrected chi connectivity index (χ3v) is 7.81. The number of piperidine rings is 1. The van der Waals surface area contributed by atoms with Gasteiger partial charge >= 0.3 is 0 Å². The SMILES string of the molecule is Cc1ccc(-c2ccc3c(c2)C=C(C(=O)NC2CCN(CC4CCCCC4)CC2)CCO3)cc1. The molecule has 1 amide bonds. The van der Waals surface area contributed by atoms with E-state index in [1.807, 2.05) is 12.1 Å². The highest BCUT2D eigenvalue weighted by Crippen LogP contribution is 2.31. The summed E-state index contributed by atoms with van der Waals surface area (Å²) in [6.07, 6.45) is 11.8. The number of aryl methyl sites for hydroxylation is 1. The van der Waals surface area contributed by atoms with Crippen LogP contribution in [0.1, 0.15) is 62.5 Å². The van der Waals surface area contributed by atoms with Crippen LogP contribution in [0.5, 0.6) is 5.75 Å². The van der Waals surface area contributed by atoms with Crippen LogP contribution in [-0.2, 0) is 4.79 Å². The maximum Gasteiger partial charge on any atom is 0.247 e. The molecule has 2 aromatic carbocycles. The number of hydrogen-bond donors (Lipinski definition) is 1. The van der Waals surface area contributed by atoms with Crippen molar-refractivity contribution in [2.45, 2.75) is 64.3 Å². The summed E-state index contributed by atoms with van der Waals surface area (Å²) in [5.74, 6) is 1.82. The van der Waals surface area contributed by atoms with Crippen LogP contribution in [-0.4, -0.2) is 43.1 Å². The Labute approximate surface area is 204 Å². The zero-order chi connectivity index (χ0) is 23.3. The van der Waals surface area contributed by atoms with Gasteiger partial charge in [0, 0.05) is 43.2 Å². The zero-order valence-corrected chi connectivity index (χ0v) is 20.5. The van der Waals surface area contributed by atoms with Gasteiger partial charge in [0.05, 0.1) is 6.61 Å². The Bertz CT molecular complexity index is 1010. The van der Waals surface area contributed by atoms with Crippen LogP contribution in [0.4, 0.5) is 0 Å². The predicted molar refractivity (Wildman–Crippen MR) is 139 cm³/mol. The third-order valence-electron chi connectivity index (χ3n) is 7.81. The van der Waals surface area contributed by atoms with Crippen molar-refractivity contribution in [3.05, 3.63) is 59.2 Å². The fraction of sp³-hybridized carbons (Fsp3) is 0.500. The molecule has 0 atom stereocenters. The summed E-state index contributed by atoms with van der Waals surface area (Å²) in [7, 11) is 0. The first kappa shape index (κ1) is 23.2. The number of carbonyl (C=O) groups excluding carboxylic acids is 1. The predicted octanol–water partition coefficient (Wildman–Crippen LogP) is 5.99. The molecule has 1 saturated carbocycles. The maximum absolute atomic E-state index is 13.2. The van der Waals surface area contributed by atoms with E-state index >= 15 is 0 Å². The van der Waals surface area contributed by atoms with Gasteiger partial charge in [-0.15, -0.1) is 0 Å². The number of nitrogens with zero attached hydrogens (tertiary/aromatic N) is 1. The monoisotopic (exact) mass is 458 g/mol. The van der Waals surface area contributed by atoms with Gasteiger partial charge in [-0.05, 0) is 67.9 Å². The minimum atomic E-state index is 0.0721. The van der Waals surface area contributed by atoms with Gasteiger partial charge in [-0.2, -0.15) is 0 Å². The molecular formula is C30H38N2O2. The van der Waals surface area contributed by atoms with Gasteiger partial charge in [-0.1, -0.05) is 55.2 Å². The number of rotatable bonds is 5. The molecule has 180 valence electrons. The van der Waals surface area contributed by atoms with Gasteiger partial charge in [-0.25, -0.2) is 0 Å². The second-order valence-electron chi connectivity index (χ2n) is 10.4. The highest BCUT2D eigenvalue weighted by Gasteiger charge is 2.25. The Morgan fingerprint density at radius 3 is 2.47 bits per heavy atom. The average molecular weight is 459 g/mol. The summed E-state index contributed by atoms with van der Waals surface area (Å²) in [4.78, 5) is 15.8. The Balaban J connectivity index is 1.21. The topological polar surface area (TPSA) is 41.6 Å². The van der Waals surface area contributed by atoms with E-state index in [4.69, 9.17) is 4.74 Å². The van der Waals surface area contributed by atoms with Crippen LogP contribution in [0.15, 0.2) is 48.0 Å². The Hall–Kier alpha value is -2.59. The van der Waals surface area contributed by atoms with E-state index in [-0.39, 0.29) is 11.9 Å². The average Bonchev–Trinajstić information content (AvgIpc) is 3.08. The summed E-state index contributed by atoms with van der Waals surface area (Å²) < 4.78 is 5.98. The number of amides is 1. The highest BCUT2D eigenvalue weighted by atomic mass is 16.5. The normalized spacial score (nSPS) is 20.1. The van der Waals surface area contributed by atoms with Gasteiger partial charge in [0.25, 0.3) is 0 Å². The quantitative estimate of drug-likeness (QED) is 0.598. The highest BCUT2D eigenvalue weighted by molar-refractivity contribution is 5.98. The fourth-order valence-corrected chi connectivity index (χ4v) is 5.70. The van der Waals surface area contributed by atoms with Crippen LogP contribution >= 0.6 is 0 Å². The minimum Gasteiger partial charge on any atom is -0.493 e. The molecule has 1 saturated heterocycles. The van der Waals surface area contributed by atoms with Crippen LogP contribution < -0.4 is 10.1 Å². The first-order chi connectivity index (χ1) is 16.6. The van der Waals surface area contributed by atoms with E-state index in [9.17, 15) is 4.79 Å². The molecule has 1 N–H and O–H groups in total. The number of hydrogen-bond acceptors (Lipinski definition) is 3. The molecule has 1 aliphatic carbocycles. The van der Waals surface area contributed by atoms with Crippen LogP contribution in [0.2, 0.25) is 0 Å². The molecule has 2 fully saturated rings. The summed E-state index contributed by atoms with van der Waals surface area (Å²) in [6, 6.07) is 15.1. The molecule has 2 aromatic rings. The number of ether oxygens (including phenoxy) is 1. The van der Waals surface area contributed by atoms with Crippen LogP contribution in [0.25, 0.3) is 17.2 Å². The van der Waals surface area contributed by atoms with E-state index in [2.05, 4.69) is 53.5 Å². The molecule has 34 heavy (non-hydrogen) atoms. The third kappa shape index (κ3) is 5.72. The van der Waals surface area contributed by atoms with Crippen molar-refractivity contribution in [3.63, 3.8) is 0 Å². The largest absolute Gasteiger partial charge is 0.493 e. The molecule has 0 bridgehead atoms. The first-order valence-corrected chi connectivity index (χ1v) is 13.2. The smallest absolute Gasteiger partial charge is 0.247 e. The molecule has 2 aliphatic heterocycles. The van der Waals surface area contributed by atoms with Crippen molar-refractivity contribution < 1.29 is 9.53 Å². The van der Waals surface area contributed by atoms with Gasteiger partial charge < -0.3 is 15.0 Å². The van der Waals surface area contributed by atoms with E-state index in [0.717, 1.165) is 54.3 Å². The summed E-state index contributed by atoms with van der Waals surface area (Å²) in [6.45, 7) is 6.10. The Morgan fingerprint density at radius 1 is 0.971 bits per heavy atom. The molecule has 0 unspecified atom stereocenters. The van der Waals surface area contributed by atoms with E-state index in [1.165, 1.54) is 49.8 Å². The maximum atomic E-state index is 13.2. The number of likely N-dealkylation sites (tertiary alicyclic amines) is 1. The fourth-order valence-electron chi connectivity index (χ4n) is 5.70. The van der Waals surface area contributed by atoms with E-state index in [1.54, 1.807) is 0 Å². The lowest BCUT2D eigenvalue weighted by atomic mass is 9.88. The Morgan fingerprint density at radius 2 is 1.71 bits per heavy atom. The number of nitrogens with one attached hydrogen (secondary N) is 1. The van der Waals surface area contributed by atoms with E-state index < -0.39 is 0 Å². The number of fused-ring (bicyclic) bond motifs is 1. The zero-order valence-electron chi connectivity index (χ0n) is 20.5. The molecule has 4 heteroatoms. The van der Waals surface area contributed by atoms with Gasteiger partial charge in [0.15, 0.2) is 0 Å². The van der Waals surface area contributed by atoms with Crippen molar-refractivity contribution in [1.82, 2.24) is 10.2 Å². The molecule has 5 rings (SSSR count). The second kappa shape index (κ2) is 10.8. The first-order valence-electron chi connectivity index (χ1n) is 13.2. The van der Waals surface area contributed by atoms with Crippen molar-refractivity contribution in [3.8, 4) is 16.9 Å². The molecular weight excluding hydrogens is 420 g/mol. The van der Waals surface area contributed by atoms with Crippen LogP contribution in [0, 0.1) is 12.8 Å². The molecule has 2 heterocycles. The summed E-state index contributed by atoms with van der Waals surface area (Å²) >= 11 is 0. The lowest BCUT2D eigenvalue weighted by Crippen LogP contribution is -2.46. The number of carbonyl (C=O) groups is 1. The molecule has 0 radical (unpaired) electrons. The second-order valence-corrected chi connectivity index (χ2v) is 10.4. The molecule has 3 aliphatic rings.